The van der Waals surface area contributed by atoms with E-state index in [1.807, 2.05) is 6.92 Å². The third kappa shape index (κ3) is 10.5. The normalized spacial score (nSPS) is 7.10. The first-order valence-corrected chi connectivity index (χ1v) is 3.85. The van der Waals surface area contributed by atoms with Crippen molar-refractivity contribution in [3.63, 3.8) is 0 Å². The predicted octanol–water partition coefficient (Wildman–Crippen LogP) is 1.55. The van der Waals surface area contributed by atoms with Gasteiger partial charge in [0.25, 0.3) is 0 Å². The maximum atomic E-state index is 10.3. The van der Waals surface area contributed by atoms with Crippen LogP contribution >= 0.6 is 11.6 Å². The molecule has 0 atom stereocenters. The molecule has 0 bridgehead atoms. The lowest BCUT2D eigenvalue weighted by Crippen LogP contribution is -2.20. The number of carbonyl (C=O) groups excluding carboxylic acids is 1. The number of carbonyl (C=O) groups is 1. The lowest BCUT2D eigenvalue weighted by atomic mass is 10.4. The number of hydrogen-bond donors (Lipinski definition) is 1. The number of alkyl halides is 1. The van der Waals surface area contributed by atoms with E-state index < -0.39 is 0 Å². The second-order valence-electron chi connectivity index (χ2n) is 1.50. The van der Waals surface area contributed by atoms with Crippen molar-refractivity contribution in [3.8, 4) is 0 Å². The topological polar surface area (TPSA) is 29.1 Å². The zero-order chi connectivity index (χ0) is 8.41. The number of halogens is 1. The first-order valence-electron chi connectivity index (χ1n) is 3.09. The van der Waals surface area contributed by atoms with Gasteiger partial charge in [0, 0.05) is 12.9 Å². The minimum absolute atomic E-state index is 0.0909. The highest BCUT2D eigenvalue weighted by Gasteiger charge is 1.86. The summed E-state index contributed by atoms with van der Waals surface area (Å²) >= 11 is 4.64. The molecule has 0 fully saturated rings. The highest BCUT2D eigenvalue weighted by atomic mass is 35.5. The minimum Gasteiger partial charge on any atom is -0.353 e. The fourth-order valence-electron chi connectivity index (χ4n) is 0.320. The summed E-state index contributed by atoms with van der Waals surface area (Å²) in [6.07, 6.45) is 3.72. The van der Waals surface area contributed by atoms with Gasteiger partial charge < -0.3 is 5.32 Å². The van der Waals surface area contributed by atoms with E-state index in [1.54, 1.807) is 0 Å². The quantitative estimate of drug-likeness (QED) is 0.497. The summed E-state index contributed by atoms with van der Waals surface area (Å²) in [5, 5.41) is 2.62. The van der Waals surface area contributed by atoms with Gasteiger partial charge in [-0.2, -0.15) is 0 Å². The van der Waals surface area contributed by atoms with Crippen molar-refractivity contribution in [1.82, 2.24) is 5.32 Å². The van der Waals surface area contributed by atoms with Crippen molar-refractivity contribution in [2.75, 3.05) is 12.9 Å². The van der Waals surface area contributed by atoms with Crippen molar-refractivity contribution in [2.45, 2.75) is 13.3 Å². The van der Waals surface area contributed by atoms with Crippen molar-refractivity contribution in [3.05, 3.63) is 12.7 Å². The van der Waals surface area contributed by atoms with Gasteiger partial charge in [-0.05, 0) is 12.5 Å². The summed E-state index contributed by atoms with van der Waals surface area (Å²) in [5.74, 6) is -0.0909. The Morgan fingerprint density at radius 1 is 1.70 bits per heavy atom. The highest BCUT2D eigenvalue weighted by Crippen LogP contribution is 1.70. The maximum Gasteiger partial charge on any atom is 0.243 e. The monoisotopic (exact) mass is 163 g/mol. The summed E-state index contributed by atoms with van der Waals surface area (Å²) in [4.78, 5) is 10.3. The van der Waals surface area contributed by atoms with Crippen LogP contribution in [0.2, 0.25) is 0 Å². The van der Waals surface area contributed by atoms with Crippen LogP contribution in [0.15, 0.2) is 12.7 Å². The first kappa shape index (κ1) is 12.2. The van der Waals surface area contributed by atoms with E-state index >= 15 is 0 Å². The molecule has 0 radical (unpaired) electrons. The van der Waals surface area contributed by atoms with Crippen molar-refractivity contribution >= 4 is 17.5 Å². The SMILES string of the molecule is C=CC(=O)NCCC.CCl. The van der Waals surface area contributed by atoms with Gasteiger partial charge >= 0.3 is 0 Å². The fraction of sp³-hybridized carbons (Fsp3) is 0.571. The van der Waals surface area contributed by atoms with E-state index in [1.165, 1.54) is 12.5 Å². The Balaban J connectivity index is 0. The molecule has 0 rings (SSSR count). The Labute approximate surface area is 67.3 Å². The molecule has 1 amide bonds. The molecular formula is C7H14ClNO. The second-order valence-corrected chi connectivity index (χ2v) is 1.50. The largest absolute Gasteiger partial charge is 0.353 e. The average Bonchev–Trinajstić information content (AvgIpc) is 2.04. The molecule has 0 saturated carbocycles. The van der Waals surface area contributed by atoms with Crippen LogP contribution < -0.4 is 5.32 Å². The van der Waals surface area contributed by atoms with E-state index in [2.05, 4.69) is 23.5 Å². The molecule has 0 spiro atoms. The van der Waals surface area contributed by atoms with Crippen LogP contribution in [0.5, 0.6) is 0 Å². The summed E-state index contributed by atoms with van der Waals surface area (Å²) in [7, 11) is 0. The van der Waals surface area contributed by atoms with Gasteiger partial charge in [0.1, 0.15) is 0 Å². The van der Waals surface area contributed by atoms with Gasteiger partial charge in [0.2, 0.25) is 5.91 Å². The zero-order valence-corrected chi connectivity index (χ0v) is 7.24. The van der Waals surface area contributed by atoms with Crippen molar-refractivity contribution in [2.24, 2.45) is 0 Å². The van der Waals surface area contributed by atoms with Gasteiger partial charge in [-0.3, -0.25) is 4.79 Å². The maximum absolute atomic E-state index is 10.3. The van der Waals surface area contributed by atoms with Crippen LogP contribution in [-0.4, -0.2) is 18.8 Å². The molecule has 0 unspecified atom stereocenters. The molecule has 0 aromatic rings. The molecule has 1 N–H and O–H groups in total. The van der Waals surface area contributed by atoms with Crippen LogP contribution in [0.1, 0.15) is 13.3 Å². The summed E-state index contributed by atoms with van der Waals surface area (Å²) in [5.41, 5.74) is 0. The van der Waals surface area contributed by atoms with E-state index in [-0.39, 0.29) is 5.91 Å². The molecule has 60 valence electrons. The number of rotatable bonds is 3. The number of nitrogens with one attached hydrogen (secondary N) is 1. The molecule has 0 saturated heterocycles. The van der Waals surface area contributed by atoms with E-state index in [9.17, 15) is 4.79 Å². The first-order chi connectivity index (χ1) is 4.81. The van der Waals surface area contributed by atoms with Gasteiger partial charge in [-0.1, -0.05) is 13.5 Å². The molecule has 0 aliphatic rings. The third-order valence-electron chi connectivity index (χ3n) is 0.735. The Hall–Kier alpha value is -0.500. The lowest BCUT2D eigenvalue weighted by Gasteiger charge is -1.94. The molecule has 0 heterocycles. The summed E-state index contributed by atoms with van der Waals surface area (Å²) in [6.45, 7) is 6.05. The second kappa shape index (κ2) is 11.3. The molecule has 0 aliphatic heterocycles. The Kier molecular flexibility index (Phi) is 13.8. The van der Waals surface area contributed by atoms with Crippen LogP contribution in [0.25, 0.3) is 0 Å². The van der Waals surface area contributed by atoms with E-state index in [0.717, 1.165) is 13.0 Å². The van der Waals surface area contributed by atoms with Crippen molar-refractivity contribution in [1.29, 1.82) is 0 Å². The molecule has 0 aromatic carbocycles. The van der Waals surface area contributed by atoms with Gasteiger partial charge in [0.15, 0.2) is 0 Å². The standard InChI is InChI=1S/C6H11NO.CH3Cl/c1-3-5-7-6(8)4-2;1-2/h4H,2-3,5H2,1H3,(H,7,8);1H3. The van der Waals surface area contributed by atoms with E-state index in [0.29, 0.717) is 0 Å². The smallest absolute Gasteiger partial charge is 0.243 e. The molecule has 10 heavy (non-hydrogen) atoms. The Morgan fingerprint density at radius 3 is 2.50 bits per heavy atom. The van der Waals surface area contributed by atoms with Crippen LogP contribution in [0, 0.1) is 0 Å². The summed E-state index contributed by atoms with van der Waals surface area (Å²) < 4.78 is 0. The molecule has 3 heteroatoms. The predicted molar refractivity (Wildman–Crippen MR) is 45.3 cm³/mol. The Morgan fingerprint density at radius 2 is 2.20 bits per heavy atom. The van der Waals surface area contributed by atoms with Crippen LogP contribution in [0.3, 0.4) is 0 Å². The van der Waals surface area contributed by atoms with E-state index in [4.69, 9.17) is 0 Å². The minimum atomic E-state index is -0.0909. The van der Waals surface area contributed by atoms with Gasteiger partial charge in [0.05, 0.1) is 0 Å². The van der Waals surface area contributed by atoms with Crippen LogP contribution in [0.4, 0.5) is 0 Å². The zero-order valence-electron chi connectivity index (χ0n) is 6.48. The number of hydrogen-bond acceptors (Lipinski definition) is 1. The Bertz CT molecular complexity index is 93.6. The highest BCUT2D eigenvalue weighted by molar-refractivity contribution is 6.15. The third-order valence-corrected chi connectivity index (χ3v) is 0.735. The molecule has 0 aliphatic carbocycles. The molecular weight excluding hydrogens is 150 g/mol. The molecule has 0 aromatic heterocycles. The number of amides is 1. The van der Waals surface area contributed by atoms with Gasteiger partial charge in [-0.15, -0.1) is 11.6 Å². The lowest BCUT2D eigenvalue weighted by molar-refractivity contribution is -0.116. The molecule has 2 nitrogen and oxygen atoms in total. The fourth-order valence-corrected chi connectivity index (χ4v) is 0.320. The average molecular weight is 164 g/mol. The summed E-state index contributed by atoms with van der Waals surface area (Å²) in [6, 6.07) is 0. The van der Waals surface area contributed by atoms with Crippen LogP contribution in [-0.2, 0) is 4.79 Å². The van der Waals surface area contributed by atoms with Crippen molar-refractivity contribution < 1.29 is 4.79 Å². The van der Waals surface area contributed by atoms with Gasteiger partial charge in [-0.25, -0.2) is 0 Å².